The quantitative estimate of drug-likeness (QED) is 0.610. The lowest BCUT2D eigenvalue weighted by Crippen LogP contribution is -2.16. The first-order valence-electron chi connectivity index (χ1n) is 4.43. The van der Waals surface area contributed by atoms with Crippen molar-refractivity contribution in [3.63, 3.8) is 0 Å². The van der Waals surface area contributed by atoms with Crippen LogP contribution in [0.4, 0.5) is 0 Å². The minimum Gasteiger partial charge on any atom is -0.309 e. The van der Waals surface area contributed by atoms with Gasteiger partial charge in [-0.25, -0.2) is 0 Å². The smallest absolute Gasteiger partial charge is 0.00663 e. The second-order valence-electron chi connectivity index (χ2n) is 3.27. The van der Waals surface area contributed by atoms with Crippen molar-refractivity contribution in [2.75, 3.05) is 26.4 Å². The Labute approximate surface area is 75.5 Å². The fourth-order valence-corrected chi connectivity index (χ4v) is 2.20. The molecule has 0 saturated carbocycles. The van der Waals surface area contributed by atoms with Crippen molar-refractivity contribution in [2.24, 2.45) is 0 Å². The second-order valence-corrected chi connectivity index (χ2v) is 4.82. The van der Waals surface area contributed by atoms with E-state index in [1.807, 2.05) is 0 Å². The van der Waals surface area contributed by atoms with E-state index in [2.05, 4.69) is 44.6 Å². The summed E-state index contributed by atoms with van der Waals surface area (Å²) in [6.45, 7) is 5.78. The van der Waals surface area contributed by atoms with E-state index in [0.29, 0.717) is 0 Å². The molecule has 0 radical (unpaired) electrons. The molecule has 1 nitrogen and oxygen atoms in total. The molecule has 0 saturated heterocycles. The van der Waals surface area contributed by atoms with Gasteiger partial charge in [0.05, 0.1) is 0 Å². The highest BCUT2D eigenvalue weighted by Crippen LogP contribution is 2.14. The van der Waals surface area contributed by atoms with Gasteiger partial charge < -0.3 is 4.90 Å². The molecule has 0 aliphatic carbocycles. The summed E-state index contributed by atoms with van der Waals surface area (Å²) in [5, 5.41) is 0.847. The van der Waals surface area contributed by atoms with Crippen molar-refractivity contribution in [3.05, 3.63) is 0 Å². The van der Waals surface area contributed by atoms with Gasteiger partial charge in [-0.15, -0.1) is 0 Å². The van der Waals surface area contributed by atoms with Crippen molar-refractivity contribution < 1.29 is 0 Å². The van der Waals surface area contributed by atoms with E-state index in [-0.39, 0.29) is 0 Å². The van der Waals surface area contributed by atoms with Crippen LogP contribution in [0.1, 0.15) is 26.7 Å². The molecule has 0 N–H and O–H groups in total. The zero-order valence-corrected chi connectivity index (χ0v) is 9.08. The molecule has 0 aromatic carbocycles. The molecule has 2 heteroatoms. The molecule has 0 aromatic heterocycles. The Morgan fingerprint density at radius 2 is 2.00 bits per heavy atom. The van der Waals surface area contributed by atoms with Gasteiger partial charge in [0, 0.05) is 17.5 Å². The van der Waals surface area contributed by atoms with E-state index in [1.165, 1.54) is 25.1 Å². The van der Waals surface area contributed by atoms with E-state index in [9.17, 15) is 0 Å². The van der Waals surface area contributed by atoms with Gasteiger partial charge in [-0.2, -0.15) is 11.8 Å². The Bertz CT molecular complexity index is 83.6. The summed E-state index contributed by atoms with van der Waals surface area (Å²) >= 11 is 2.09. The molecule has 0 aromatic rings. The summed E-state index contributed by atoms with van der Waals surface area (Å²) in [4.78, 5) is 2.24. The van der Waals surface area contributed by atoms with Crippen LogP contribution in [-0.2, 0) is 0 Å². The van der Waals surface area contributed by atoms with Gasteiger partial charge in [0.15, 0.2) is 0 Å². The summed E-state index contributed by atoms with van der Waals surface area (Å²) in [5.74, 6) is 1.27. The summed E-state index contributed by atoms with van der Waals surface area (Å²) in [7, 11) is 4.26. The standard InChI is InChI=1S/C9H21NS/c1-5-6-9(2)11-8-7-10(3)4/h9H,5-8H2,1-4H3. The molecule has 1 atom stereocenters. The molecule has 1 unspecified atom stereocenters. The van der Waals surface area contributed by atoms with Gasteiger partial charge in [-0.3, -0.25) is 0 Å². The maximum atomic E-state index is 2.32. The van der Waals surface area contributed by atoms with Crippen LogP contribution in [0.3, 0.4) is 0 Å². The monoisotopic (exact) mass is 175 g/mol. The van der Waals surface area contributed by atoms with Gasteiger partial charge in [-0.1, -0.05) is 20.3 Å². The lowest BCUT2D eigenvalue weighted by atomic mass is 10.3. The predicted octanol–water partition coefficient (Wildman–Crippen LogP) is 2.47. The van der Waals surface area contributed by atoms with Gasteiger partial charge in [-0.05, 0) is 20.5 Å². The third-order valence-electron chi connectivity index (χ3n) is 1.64. The van der Waals surface area contributed by atoms with Crippen LogP contribution in [0.2, 0.25) is 0 Å². The molecule has 68 valence electrons. The minimum absolute atomic E-state index is 0.847. The van der Waals surface area contributed by atoms with Gasteiger partial charge >= 0.3 is 0 Å². The van der Waals surface area contributed by atoms with Crippen LogP contribution in [0, 0.1) is 0 Å². The molecular weight excluding hydrogens is 154 g/mol. The highest BCUT2D eigenvalue weighted by Gasteiger charge is 2.00. The van der Waals surface area contributed by atoms with E-state index in [0.717, 1.165) is 5.25 Å². The Morgan fingerprint density at radius 1 is 1.36 bits per heavy atom. The van der Waals surface area contributed by atoms with Crippen LogP contribution < -0.4 is 0 Å². The average molecular weight is 175 g/mol. The zero-order chi connectivity index (χ0) is 8.69. The summed E-state index contributed by atoms with van der Waals surface area (Å²) in [5.41, 5.74) is 0. The number of nitrogens with zero attached hydrogens (tertiary/aromatic N) is 1. The zero-order valence-electron chi connectivity index (χ0n) is 8.26. The topological polar surface area (TPSA) is 3.24 Å². The number of hydrogen-bond acceptors (Lipinski definition) is 2. The normalized spacial score (nSPS) is 13.9. The lowest BCUT2D eigenvalue weighted by molar-refractivity contribution is 0.437. The van der Waals surface area contributed by atoms with E-state index in [4.69, 9.17) is 0 Å². The van der Waals surface area contributed by atoms with Gasteiger partial charge in [0.25, 0.3) is 0 Å². The molecule has 0 spiro atoms. The van der Waals surface area contributed by atoms with Crippen LogP contribution in [0.25, 0.3) is 0 Å². The van der Waals surface area contributed by atoms with Crippen LogP contribution in [0.15, 0.2) is 0 Å². The maximum Gasteiger partial charge on any atom is 0.00663 e. The van der Waals surface area contributed by atoms with Crippen molar-refractivity contribution in [3.8, 4) is 0 Å². The van der Waals surface area contributed by atoms with E-state index >= 15 is 0 Å². The third-order valence-corrected chi connectivity index (χ3v) is 2.86. The third kappa shape index (κ3) is 8.21. The summed E-state index contributed by atoms with van der Waals surface area (Å²) < 4.78 is 0. The molecule has 0 heterocycles. The predicted molar refractivity (Wildman–Crippen MR) is 55.4 cm³/mol. The number of thioether (sulfide) groups is 1. The Hall–Kier alpha value is 0.310. The average Bonchev–Trinajstić information content (AvgIpc) is 1.87. The van der Waals surface area contributed by atoms with Gasteiger partial charge in [0.1, 0.15) is 0 Å². The fourth-order valence-electron chi connectivity index (χ4n) is 0.926. The number of rotatable bonds is 6. The first kappa shape index (κ1) is 11.3. The van der Waals surface area contributed by atoms with Crippen molar-refractivity contribution in [1.29, 1.82) is 0 Å². The van der Waals surface area contributed by atoms with Gasteiger partial charge in [0.2, 0.25) is 0 Å². The highest BCUT2D eigenvalue weighted by molar-refractivity contribution is 7.99. The van der Waals surface area contributed by atoms with Crippen LogP contribution in [-0.4, -0.2) is 36.5 Å². The molecule has 0 aliphatic rings. The molecule has 0 fully saturated rings. The molecule has 11 heavy (non-hydrogen) atoms. The van der Waals surface area contributed by atoms with Crippen LogP contribution in [0.5, 0.6) is 0 Å². The molecule has 0 bridgehead atoms. The molecular formula is C9H21NS. The first-order chi connectivity index (χ1) is 5.16. The Morgan fingerprint density at radius 3 is 2.45 bits per heavy atom. The Balaban J connectivity index is 3.10. The largest absolute Gasteiger partial charge is 0.309 e. The van der Waals surface area contributed by atoms with E-state index in [1.54, 1.807) is 0 Å². The first-order valence-corrected chi connectivity index (χ1v) is 5.48. The molecule has 0 aliphatic heterocycles. The fraction of sp³-hybridized carbons (Fsp3) is 1.00. The lowest BCUT2D eigenvalue weighted by Gasteiger charge is -2.12. The van der Waals surface area contributed by atoms with Crippen molar-refractivity contribution in [1.82, 2.24) is 4.90 Å². The number of hydrogen-bond donors (Lipinski definition) is 0. The second kappa shape index (κ2) is 6.99. The van der Waals surface area contributed by atoms with E-state index < -0.39 is 0 Å². The van der Waals surface area contributed by atoms with Crippen molar-refractivity contribution in [2.45, 2.75) is 31.9 Å². The Kier molecular flexibility index (Phi) is 7.18. The molecule has 0 amide bonds. The summed E-state index contributed by atoms with van der Waals surface area (Å²) in [6, 6.07) is 0. The SMILES string of the molecule is CCCC(C)SCCN(C)C. The minimum atomic E-state index is 0.847. The van der Waals surface area contributed by atoms with Crippen LogP contribution >= 0.6 is 11.8 Å². The van der Waals surface area contributed by atoms with Crippen molar-refractivity contribution >= 4 is 11.8 Å². The highest BCUT2D eigenvalue weighted by atomic mass is 32.2. The summed E-state index contributed by atoms with van der Waals surface area (Å²) in [6.07, 6.45) is 2.67. The molecule has 0 rings (SSSR count). The maximum absolute atomic E-state index is 2.32.